The summed E-state index contributed by atoms with van der Waals surface area (Å²) in [6, 6.07) is 36.8. The third kappa shape index (κ3) is 3.73. The van der Waals surface area contributed by atoms with Crippen molar-refractivity contribution in [1.29, 1.82) is 0 Å². The van der Waals surface area contributed by atoms with E-state index < -0.39 is 5.41 Å². The van der Waals surface area contributed by atoms with Crippen molar-refractivity contribution in [1.82, 2.24) is 0 Å². The first-order valence-corrected chi connectivity index (χ1v) is 14.4. The first-order valence-electron chi connectivity index (χ1n) is 14.4. The predicted molar refractivity (Wildman–Crippen MR) is 171 cm³/mol. The Kier molecular flexibility index (Phi) is 5.35. The van der Waals surface area contributed by atoms with Gasteiger partial charge in [-0.1, -0.05) is 74.5 Å². The maximum Gasteiger partial charge on any atom is 0.197 e. The largest absolute Gasteiger partial charge is 0.310 e. The highest BCUT2D eigenvalue weighted by Gasteiger charge is 2.39. The van der Waals surface area contributed by atoms with Crippen LogP contribution < -0.4 is 4.90 Å². The van der Waals surface area contributed by atoms with Crippen molar-refractivity contribution in [2.24, 2.45) is 0 Å². The van der Waals surface area contributed by atoms with Gasteiger partial charge in [0.05, 0.1) is 16.9 Å². The Labute approximate surface area is 248 Å². The van der Waals surface area contributed by atoms with Crippen LogP contribution in [0.25, 0.3) is 27.6 Å². The molecule has 1 aliphatic heterocycles. The molecule has 0 spiro atoms. The van der Waals surface area contributed by atoms with Gasteiger partial charge in [-0.2, -0.15) is 0 Å². The molecule has 43 heavy (non-hydrogen) atoms. The van der Waals surface area contributed by atoms with Gasteiger partial charge in [0.15, 0.2) is 11.6 Å². The van der Waals surface area contributed by atoms with Crippen molar-refractivity contribution in [3.05, 3.63) is 154 Å². The molecule has 0 saturated heterocycles. The number of Topliss-reactive ketones (excluding diaryl/α,β-unsaturated/α-hetero) is 2. The number of carbonyl (C=O) groups excluding carboxylic acids is 2. The van der Waals surface area contributed by atoms with Gasteiger partial charge in [0, 0.05) is 22.2 Å². The zero-order valence-corrected chi connectivity index (χ0v) is 23.7. The Hall–Kier alpha value is -5.35. The molecule has 4 heteroatoms. The number of nitrogens with zero attached hydrogens (tertiary/aromatic N) is 1. The third-order valence-electron chi connectivity index (χ3n) is 8.95. The van der Waals surface area contributed by atoms with E-state index >= 15 is 0 Å². The van der Waals surface area contributed by atoms with Crippen molar-refractivity contribution in [2.75, 3.05) is 4.90 Å². The number of hydrogen-bond donors (Lipinski definition) is 0. The van der Waals surface area contributed by atoms with Crippen molar-refractivity contribution in [3.63, 3.8) is 0 Å². The fourth-order valence-electron chi connectivity index (χ4n) is 6.90. The molecule has 3 nitrogen and oxygen atoms in total. The molecule has 206 valence electrons. The van der Waals surface area contributed by atoms with E-state index in [1.54, 1.807) is 12.1 Å². The lowest BCUT2D eigenvalue weighted by Crippen LogP contribution is -2.31. The molecule has 8 rings (SSSR count). The summed E-state index contributed by atoms with van der Waals surface area (Å²) in [6.45, 7) is 4.28. The van der Waals surface area contributed by atoms with Crippen LogP contribution in [0.3, 0.4) is 0 Å². The lowest BCUT2D eigenvalue weighted by atomic mass is 9.71. The van der Waals surface area contributed by atoms with Gasteiger partial charge in [0.25, 0.3) is 0 Å². The van der Waals surface area contributed by atoms with E-state index in [-0.39, 0.29) is 23.0 Å². The van der Waals surface area contributed by atoms with Crippen LogP contribution in [0.2, 0.25) is 0 Å². The first kappa shape index (κ1) is 25.4. The van der Waals surface area contributed by atoms with Gasteiger partial charge in [-0.15, -0.1) is 0 Å². The van der Waals surface area contributed by atoms with E-state index in [0.29, 0.717) is 11.1 Å². The van der Waals surface area contributed by atoms with Crippen molar-refractivity contribution >= 4 is 56.2 Å². The van der Waals surface area contributed by atoms with Crippen LogP contribution in [0.4, 0.5) is 21.5 Å². The van der Waals surface area contributed by atoms with Gasteiger partial charge in [-0.3, -0.25) is 9.59 Å². The molecule has 0 saturated carbocycles. The summed E-state index contributed by atoms with van der Waals surface area (Å²) in [6.07, 6.45) is 1.71. The second-order valence-electron chi connectivity index (χ2n) is 11.9. The van der Waals surface area contributed by atoms with E-state index in [2.05, 4.69) is 49.1 Å². The van der Waals surface area contributed by atoms with Crippen LogP contribution >= 0.6 is 0 Å². The number of allylic oxidation sites excluding steroid dienone is 1. The number of rotatable bonds is 2. The first-order chi connectivity index (χ1) is 20.8. The van der Waals surface area contributed by atoms with Gasteiger partial charge in [-0.05, 0) is 98.9 Å². The van der Waals surface area contributed by atoms with E-state index in [9.17, 15) is 14.0 Å². The number of para-hydroxylation sites is 1. The van der Waals surface area contributed by atoms with Crippen LogP contribution in [0.15, 0.2) is 121 Å². The molecule has 0 N–H and O–H groups in total. The highest BCUT2D eigenvalue weighted by molar-refractivity contribution is 6.42. The third-order valence-corrected chi connectivity index (χ3v) is 8.95. The molecule has 0 unspecified atom stereocenters. The fraction of sp³-hybridized carbons (Fsp3) is 0.0769. The number of anilines is 3. The quantitative estimate of drug-likeness (QED) is 0.157. The van der Waals surface area contributed by atoms with Crippen LogP contribution in [-0.4, -0.2) is 11.6 Å². The molecule has 1 aliphatic carbocycles. The Bertz CT molecular complexity index is 2150. The van der Waals surface area contributed by atoms with Crippen molar-refractivity contribution < 1.29 is 14.0 Å². The summed E-state index contributed by atoms with van der Waals surface area (Å²) in [5.41, 5.74) is 6.39. The van der Waals surface area contributed by atoms with E-state index in [4.69, 9.17) is 0 Å². The van der Waals surface area contributed by atoms with E-state index in [1.807, 2.05) is 72.8 Å². The summed E-state index contributed by atoms with van der Waals surface area (Å²) in [7, 11) is 0. The monoisotopic (exact) mass is 559 g/mol. The number of carbonyl (C=O) groups is 2. The predicted octanol–water partition coefficient (Wildman–Crippen LogP) is 9.70. The average Bonchev–Trinajstić information content (AvgIpc) is 3.24. The van der Waals surface area contributed by atoms with Crippen LogP contribution in [-0.2, 0) is 5.41 Å². The average molecular weight is 560 g/mol. The highest BCUT2D eigenvalue weighted by Crippen LogP contribution is 2.54. The lowest BCUT2D eigenvalue weighted by molar-refractivity contribution is 0.0990. The molecular weight excluding hydrogens is 533 g/mol. The zero-order chi connectivity index (χ0) is 29.5. The standard InChI is InChI=1S/C39H26FNO2/c1-39(2)33-22-27(40)14-17-34(33)41(28-10-4-3-5-11-28)35-16-13-26-18-23(12-15-29(26)36(35)39)19-32-37(42)30-20-24-8-6-7-9-25(24)21-31(30)38(32)43/h3-22H,1-2H3. The smallest absolute Gasteiger partial charge is 0.197 e. The number of fused-ring (bicyclic) bond motifs is 6. The van der Waals surface area contributed by atoms with Crippen molar-refractivity contribution in [2.45, 2.75) is 19.3 Å². The minimum atomic E-state index is -0.488. The molecule has 0 aromatic heterocycles. The van der Waals surface area contributed by atoms with Crippen LogP contribution in [0.1, 0.15) is 51.3 Å². The number of hydrogen-bond acceptors (Lipinski definition) is 3. The Morgan fingerprint density at radius 1 is 0.651 bits per heavy atom. The Morgan fingerprint density at radius 2 is 1.30 bits per heavy atom. The summed E-state index contributed by atoms with van der Waals surface area (Å²) in [5, 5.41) is 3.90. The number of halogens is 1. The maximum absolute atomic E-state index is 14.7. The van der Waals surface area contributed by atoms with Gasteiger partial charge in [-0.25, -0.2) is 4.39 Å². The second kappa shape index (κ2) is 9.07. The van der Waals surface area contributed by atoms with Gasteiger partial charge >= 0.3 is 0 Å². The highest BCUT2D eigenvalue weighted by atomic mass is 19.1. The Balaban J connectivity index is 1.27. The lowest BCUT2D eigenvalue weighted by Gasteiger charge is -2.42. The fourth-order valence-corrected chi connectivity index (χ4v) is 6.90. The summed E-state index contributed by atoms with van der Waals surface area (Å²) >= 11 is 0. The van der Waals surface area contributed by atoms with Crippen LogP contribution in [0, 0.1) is 5.82 Å². The second-order valence-corrected chi connectivity index (χ2v) is 11.9. The summed E-state index contributed by atoms with van der Waals surface area (Å²) in [4.78, 5) is 29.0. The molecule has 0 radical (unpaired) electrons. The minimum absolute atomic E-state index is 0.183. The molecule has 2 aliphatic rings. The maximum atomic E-state index is 14.7. The van der Waals surface area contributed by atoms with E-state index in [0.717, 1.165) is 55.3 Å². The number of ketones is 2. The SMILES string of the molecule is CC1(C)c2cc(F)ccc2N(c2ccccc2)c2ccc3cc(C=C4C(=O)c5cc6ccccc6cc5C4=O)ccc3c21. The van der Waals surface area contributed by atoms with Crippen LogP contribution in [0.5, 0.6) is 0 Å². The van der Waals surface area contributed by atoms with Gasteiger partial charge < -0.3 is 4.90 Å². The van der Waals surface area contributed by atoms with E-state index in [1.165, 1.54) is 6.07 Å². The molecule has 0 atom stereocenters. The summed E-state index contributed by atoms with van der Waals surface area (Å²) in [5.74, 6) is -0.749. The number of benzene rings is 6. The van der Waals surface area contributed by atoms with Gasteiger partial charge in [0.1, 0.15) is 5.82 Å². The topological polar surface area (TPSA) is 37.4 Å². The normalized spacial score (nSPS) is 15.0. The molecule has 6 aromatic carbocycles. The summed E-state index contributed by atoms with van der Waals surface area (Å²) < 4.78 is 14.7. The molecule has 1 heterocycles. The molecule has 0 fully saturated rings. The Morgan fingerprint density at radius 3 is 2.00 bits per heavy atom. The molecule has 0 amide bonds. The molecule has 6 aromatic rings. The molecular formula is C39H26FNO2. The van der Waals surface area contributed by atoms with Gasteiger partial charge in [0.2, 0.25) is 0 Å². The van der Waals surface area contributed by atoms with Crippen molar-refractivity contribution in [3.8, 4) is 0 Å². The minimum Gasteiger partial charge on any atom is -0.310 e. The molecule has 0 bridgehead atoms. The zero-order valence-electron chi connectivity index (χ0n) is 23.7.